The zero-order valence-electron chi connectivity index (χ0n) is 27.7. The van der Waals surface area contributed by atoms with Gasteiger partial charge in [-0.25, -0.2) is 9.59 Å². The van der Waals surface area contributed by atoms with Crippen molar-refractivity contribution in [2.75, 3.05) is 6.61 Å². The maximum absolute atomic E-state index is 13.6. The van der Waals surface area contributed by atoms with E-state index in [4.69, 9.17) is 9.47 Å². The van der Waals surface area contributed by atoms with Crippen LogP contribution < -0.4 is 4.74 Å². The van der Waals surface area contributed by atoms with Crippen LogP contribution in [0.3, 0.4) is 0 Å². The number of benzene rings is 3. The third kappa shape index (κ3) is 12.7. The fraction of sp³-hybridized carbons (Fsp3) is 0.487. The Balaban J connectivity index is 1.74. The SMILES string of the molecule is CCCCCCCCCCCOc1ccc(-c2ccc(C(=O)O)cc2)c(-c2ccc(C(=O)OC(CCCCCC)C(F)(F)F)cc2)c1. The van der Waals surface area contributed by atoms with Gasteiger partial charge in [0.25, 0.3) is 0 Å². The number of unbranched alkanes of at least 4 members (excludes halogenated alkanes) is 11. The fourth-order valence-electron chi connectivity index (χ4n) is 5.53. The summed E-state index contributed by atoms with van der Waals surface area (Å²) in [4.78, 5) is 24.1. The average molecular weight is 655 g/mol. The highest BCUT2D eigenvalue weighted by molar-refractivity contribution is 5.92. The van der Waals surface area contributed by atoms with E-state index in [2.05, 4.69) is 6.92 Å². The number of aromatic carboxylic acids is 1. The molecule has 0 bridgehead atoms. The molecule has 0 radical (unpaired) electrons. The fourth-order valence-corrected chi connectivity index (χ4v) is 5.53. The molecule has 5 nitrogen and oxygen atoms in total. The van der Waals surface area contributed by atoms with Crippen molar-refractivity contribution in [2.24, 2.45) is 0 Å². The standard InChI is InChI=1S/C39H49F3O5/c1-3-5-7-9-10-11-12-13-15-27-46-33-25-26-34(29-17-21-31(22-18-29)37(43)44)35(28-33)30-19-23-32(24-20-30)38(45)47-36(39(40,41)42)16-14-8-6-4-2/h17-26,28,36H,3-16,27H2,1-2H3,(H,43,44). The lowest BCUT2D eigenvalue weighted by atomic mass is 9.93. The molecule has 8 heteroatoms. The van der Waals surface area contributed by atoms with Gasteiger partial charge in [0.05, 0.1) is 17.7 Å². The van der Waals surface area contributed by atoms with Crippen LogP contribution in [0.1, 0.15) is 124 Å². The van der Waals surface area contributed by atoms with Crippen LogP contribution in [-0.2, 0) is 4.74 Å². The zero-order valence-corrected chi connectivity index (χ0v) is 27.7. The van der Waals surface area contributed by atoms with E-state index < -0.39 is 24.2 Å². The van der Waals surface area contributed by atoms with E-state index in [9.17, 15) is 27.9 Å². The number of alkyl halides is 3. The van der Waals surface area contributed by atoms with Gasteiger partial charge in [0.15, 0.2) is 6.10 Å². The van der Waals surface area contributed by atoms with Crippen LogP contribution >= 0.6 is 0 Å². The topological polar surface area (TPSA) is 72.8 Å². The molecule has 0 aromatic heterocycles. The first-order valence-corrected chi connectivity index (χ1v) is 17.1. The second-order valence-corrected chi connectivity index (χ2v) is 12.1. The second kappa shape index (κ2) is 19.8. The van der Waals surface area contributed by atoms with Crippen LogP contribution in [0.5, 0.6) is 5.75 Å². The van der Waals surface area contributed by atoms with Gasteiger partial charge in [0, 0.05) is 0 Å². The van der Waals surface area contributed by atoms with E-state index in [1.807, 2.05) is 25.1 Å². The van der Waals surface area contributed by atoms with Crippen LogP contribution in [0, 0.1) is 0 Å². The summed E-state index contributed by atoms with van der Waals surface area (Å²) in [6.07, 6.45) is 6.57. The van der Waals surface area contributed by atoms with Crippen molar-refractivity contribution in [1.29, 1.82) is 0 Å². The van der Waals surface area contributed by atoms with Gasteiger partial charge < -0.3 is 14.6 Å². The highest BCUT2D eigenvalue weighted by Gasteiger charge is 2.42. The zero-order chi connectivity index (χ0) is 34.1. The first kappa shape index (κ1) is 37.6. The minimum atomic E-state index is -4.64. The molecule has 3 rings (SSSR count). The van der Waals surface area contributed by atoms with E-state index in [-0.39, 0.29) is 17.5 Å². The van der Waals surface area contributed by atoms with Crippen LogP contribution in [0.2, 0.25) is 0 Å². The van der Waals surface area contributed by atoms with Crippen LogP contribution in [-0.4, -0.2) is 35.9 Å². The van der Waals surface area contributed by atoms with Crippen molar-refractivity contribution in [2.45, 2.75) is 116 Å². The molecule has 0 heterocycles. The molecule has 0 aliphatic rings. The van der Waals surface area contributed by atoms with Gasteiger partial charge in [0.2, 0.25) is 0 Å². The number of carbonyl (C=O) groups is 2. The highest BCUT2D eigenvalue weighted by Crippen LogP contribution is 2.36. The Bertz CT molecular complexity index is 1370. The van der Waals surface area contributed by atoms with Gasteiger partial charge in [-0.15, -0.1) is 0 Å². The van der Waals surface area contributed by atoms with Crippen molar-refractivity contribution < 1.29 is 37.3 Å². The number of carboxylic acids is 1. The molecule has 0 saturated carbocycles. The Morgan fingerprint density at radius 2 is 1.17 bits per heavy atom. The van der Waals surface area contributed by atoms with Crippen molar-refractivity contribution in [3.63, 3.8) is 0 Å². The minimum Gasteiger partial charge on any atom is -0.494 e. The second-order valence-electron chi connectivity index (χ2n) is 12.1. The quantitative estimate of drug-likeness (QED) is 0.0914. The van der Waals surface area contributed by atoms with Crippen LogP contribution in [0.4, 0.5) is 13.2 Å². The van der Waals surface area contributed by atoms with E-state index in [1.165, 1.54) is 69.2 Å². The summed E-state index contributed by atoms with van der Waals surface area (Å²) in [7, 11) is 0. The number of hydrogen-bond acceptors (Lipinski definition) is 4. The summed E-state index contributed by atoms with van der Waals surface area (Å²) in [6, 6.07) is 18.5. The van der Waals surface area contributed by atoms with Gasteiger partial charge in [-0.1, -0.05) is 115 Å². The summed E-state index contributed by atoms with van der Waals surface area (Å²) < 4.78 is 51.8. The molecular weight excluding hydrogens is 605 g/mol. The molecule has 256 valence electrons. The van der Waals surface area contributed by atoms with Crippen molar-refractivity contribution in [1.82, 2.24) is 0 Å². The number of carbonyl (C=O) groups excluding carboxylic acids is 1. The third-order valence-corrected chi connectivity index (χ3v) is 8.32. The number of ether oxygens (including phenoxy) is 2. The predicted molar refractivity (Wildman–Crippen MR) is 181 cm³/mol. The summed E-state index contributed by atoms with van der Waals surface area (Å²) in [6.45, 7) is 4.77. The molecule has 47 heavy (non-hydrogen) atoms. The molecular formula is C39H49F3O5. The van der Waals surface area contributed by atoms with E-state index in [0.29, 0.717) is 25.2 Å². The summed E-state index contributed by atoms with van der Waals surface area (Å²) in [5, 5.41) is 9.33. The molecule has 0 fully saturated rings. The normalized spacial score (nSPS) is 12.1. The molecule has 0 saturated heterocycles. The lowest BCUT2D eigenvalue weighted by molar-refractivity contribution is -0.206. The maximum atomic E-state index is 13.6. The third-order valence-electron chi connectivity index (χ3n) is 8.32. The summed E-state index contributed by atoms with van der Waals surface area (Å²) >= 11 is 0. The average Bonchev–Trinajstić information content (AvgIpc) is 3.06. The number of hydrogen-bond donors (Lipinski definition) is 1. The Morgan fingerprint density at radius 3 is 1.72 bits per heavy atom. The molecule has 0 amide bonds. The lowest BCUT2D eigenvalue weighted by Crippen LogP contribution is -2.33. The first-order valence-electron chi connectivity index (χ1n) is 17.1. The first-order chi connectivity index (χ1) is 22.6. The molecule has 1 N–H and O–H groups in total. The Labute approximate surface area is 277 Å². The molecule has 0 aliphatic heterocycles. The van der Waals surface area contributed by atoms with Crippen molar-refractivity contribution in [3.8, 4) is 28.0 Å². The van der Waals surface area contributed by atoms with Crippen molar-refractivity contribution >= 4 is 11.9 Å². The summed E-state index contributed by atoms with van der Waals surface area (Å²) in [5.41, 5.74) is 3.30. The molecule has 0 aliphatic carbocycles. The Kier molecular flexibility index (Phi) is 15.8. The Hall–Kier alpha value is -3.81. The van der Waals surface area contributed by atoms with Gasteiger partial charge >= 0.3 is 18.1 Å². The van der Waals surface area contributed by atoms with Crippen molar-refractivity contribution in [3.05, 3.63) is 77.9 Å². The van der Waals surface area contributed by atoms with Gasteiger partial charge in [0.1, 0.15) is 5.75 Å². The number of carboxylic acid groups (broad SMARTS) is 1. The van der Waals surface area contributed by atoms with Gasteiger partial charge in [-0.2, -0.15) is 13.2 Å². The monoisotopic (exact) mass is 654 g/mol. The number of rotatable bonds is 21. The van der Waals surface area contributed by atoms with E-state index in [1.54, 1.807) is 24.3 Å². The highest BCUT2D eigenvalue weighted by atomic mass is 19.4. The minimum absolute atomic E-state index is 0.0293. The number of halogens is 3. The Morgan fingerprint density at radius 1 is 0.660 bits per heavy atom. The van der Waals surface area contributed by atoms with Crippen LogP contribution in [0.15, 0.2) is 66.7 Å². The molecule has 3 aromatic rings. The molecule has 0 spiro atoms. The summed E-state index contributed by atoms with van der Waals surface area (Å²) in [5.74, 6) is -1.37. The molecule has 1 unspecified atom stereocenters. The lowest BCUT2D eigenvalue weighted by Gasteiger charge is -2.21. The van der Waals surface area contributed by atoms with Crippen LogP contribution in [0.25, 0.3) is 22.3 Å². The largest absolute Gasteiger partial charge is 0.494 e. The molecule has 1 atom stereocenters. The van der Waals surface area contributed by atoms with Gasteiger partial charge in [-0.05, 0) is 77.9 Å². The number of esters is 1. The predicted octanol–water partition coefficient (Wildman–Crippen LogP) is 11.7. The van der Waals surface area contributed by atoms with E-state index >= 15 is 0 Å². The maximum Gasteiger partial charge on any atom is 0.425 e. The van der Waals surface area contributed by atoms with E-state index in [0.717, 1.165) is 47.9 Å². The molecule has 3 aromatic carbocycles. The van der Waals surface area contributed by atoms with Gasteiger partial charge in [-0.3, -0.25) is 0 Å². The smallest absolute Gasteiger partial charge is 0.425 e.